The van der Waals surface area contributed by atoms with E-state index in [1.54, 1.807) is 6.20 Å². The molecule has 2 aromatic rings. The molecule has 0 saturated carbocycles. The number of nitrogens with zero attached hydrogens (tertiary/aromatic N) is 1. The van der Waals surface area contributed by atoms with Crippen LogP contribution in [-0.4, -0.2) is 4.98 Å². The van der Waals surface area contributed by atoms with Gasteiger partial charge in [-0.3, -0.25) is 4.98 Å². The van der Waals surface area contributed by atoms with Crippen molar-refractivity contribution in [3.63, 3.8) is 0 Å². The first kappa shape index (κ1) is 9.45. The summed E-state index contributed by atoms with van der Waals surface area (Å²) in [4.78, 5) is 4.07. The van der Waals surface area contributed by atoms with E-state index in [0.717, 1.165) is 16.9 Å². The maximum Gasteiger partial charge on any atom is 0.192 e. The third-order valence-electron chi connectivity index (χ3n) is 1.94. The van der Waals surface area contributed by atoms with E-state index in [1.165, 1.54) is 0 Å². The van der Waals surface area contributed by atoms with Crippen LogP contribution >= 0.6 is 23.0 Å². The smallest absolute Gasteiger partial charge is 0.192 e. The molecule has 0 saturated heterocycles. The Kier molecular flexibility index (Phi) is 2.98. The summed E-state index contributed by atoms with van der Waals surface area (Å²) >= 11 is 1.87. The molecule has 1 aromatic heterocycles. The Morgan fingerprint density at radius 2 is 1.79 bits per heavy atom. The average molecular weight is 297 g/mol. The van der Waals surface area contributed by atoms with Crippen molar-refractivity contribution in [2.75, 3.05) is 0 Å². The fraction of sp³-hybridized carbons (Fsp3) is 0. The SMILES string of the molecule is IOc1ccc(-c2cccnc2)cc1. The van der Waals surface area contributed by atoms with Crippen LogP contribution in [0.2, 0.25) is 0 Å². The Morgan fingerprint density at radius 3 is 2.36 bits per heavy atom. The number of benzene rings is 1. The first-order valence-corrected chi connectivity index (χ1v) is 5.07. The van der Waals surface area contributed by atoms with Crippen molar-refractivity contribution < 1.29 is 3.07 Å². The van der Waals surface area contributed by atoms with Crippen molar-refractivity contribution in [2.45, 2.75) is 0 Å². The third-order valence-corrected chi connectivity index (χ3v) is 2.45. The van der Waals surface area contributed by atoms with Gasteiger partial charge in [0.15, 0.2) is 23.0 Å². The van der Waals surface area contributed by atoms with Gasteiger partial charge in [-0.2, -0.15) is 0 Å². The van der Waals surface area contributed by atoms with Gasteiger partial charge >= 0.3 is 0 Å². The van der Waals surface area contributed by atoms with Crippen LogP contribution < -0.4 is 3.07 Å². The maximum atomic E-state index is 5.06. The molecule has 1 aromatic carbocycles. The first-order chi connectivity index (χ1) is 6.90. The van der Waals surface area contributed by atoms with Crippen molar-refractivity contribution in [1.82, 2.24) is 4.98 Å². The number of halogens is 1. The lowest BCUT2D eigenvalue weighted by Crippen LogP contribution is -1.79. The van der Waals surface area contributed by atoms with Gasteiger partial charge in [0, 0.05) is 12.4 Å². The lowest BCUT2D eigenvalue weighted by atomic mass is 10.1. The molecule has 0 bridgehead atoms. The molecule has 0 spiro atoms. The van der Waals surface area contributed by atoms with Crippen LogP contribution in [0.4, 0.5) is 0 Å². The average Bonchev–Trinajstić information content (AvgIpc) is 2.30. The molecule has 0 unspecified atom stereocenters. The van der Waals surface area contributed by atoms with Crippen molar-refractivity contribution in [2.24, 2.45) is 0 Å². The second-order valence-electron chi connectivity index (χ2n) is 2.84. The summed E-state index contributed by atoms with van der Waals surface area (Å²) in [6.45, 7) is 0. The van der Waals surface area contributed by atoms with E-state index >= 15 is 0 Å². The number of pyridine rings is 1. The highest BCUT2D eigenvalue weighted by Gasteiger charge is 1.97. The molecule has 14 heavy (non-hydrogen) atoms. The predicted octanol–water partition coefficient (Wildman–Crippen LogP) is 3.48. The fourth-order valence-electron chi connectivity index (χ4n) is 1.23. The second kappa shape index (κ2) is 4.41. The normalized spacial score (nSPS) is 9.79. The van der Waals surface area contributed by atoms with Crippen molar-refractivity contribution in [3.8, 4) is 16.9 Å². The Bertz CT molecular complexity index is 399. The Hall–Kier alpha value is -1.10. The molecular weight excluding hydrogens is 289 g/mol. The van der Waals surface area contributed by atoms with Gasteiger partial charge in [-0.1, -0.05) is 18.2 Å². The summed E-state index contributed by atoms with van der Waals surface area (Å²) < 4.78 is 5.06. The van der Waals surface area contributed by atoms with Gasteiger partial charge in [0.05, 0.1) is 0 Å². The first-order valence-electron chi connectivity index (χ1n) is 4.19. The van der Waals surface area contributed by atoms with Gasteiger partial charge in [0.1, 0.15) is 5.75 Å². The summed E-state index contributed by atoms with van der Waals surface area (Å²) in [6.07, 6.45) is 3.62. The van der Waals surface area contributed by atoms with Crippen molar-refractivity contribution >= 4 is 23.0 Å². The Morgan fingerprint density at radius 1 is 1.00 bits per heavy atom. The van der Waals surface area contributed by atoms with E-state index in [-0.39, 0.29) is 0 Å². The van der Waals surface area contributed by atoms with Crippen LogP contribution in [0.25, 0.3) is 11.1 Å². The van der Waals surface area contributed by atoms with Crippen LogP contribution in [0, 0.1) is 0 Å². The highest BCUT2D eigenvalue weighted by atomic mass is 127. The van der Waals surface area contributed by atoms with Gasteiger partial charge in [0.2, 0.25) is 0 Å². The van der Waals surface area contributed by atoms with Gasteiger partial charge in [-0.15, -0.1) is 0 Å². The summed E-state index contributed by atoms with van der Waals surface area (Å²) in [6, 6.07) is 11.9. The molecule has 2 rings (SSSR count). The maximum absolute atomic E-state index is 5.06. The van der Waals surface area contributed by atoms with Crippen molar-refractivity contribution in [1.29, 1.82) is 0 Å². The van der Waals surface area contributed by atoms with Gasteiger partial charge in [-0.05, 0) is 29.3 Å². The van der Waals surface area contributed by atoms with Crippen LogP contribution in [-0.2, 0) is 0 Å². The lowest BCUT2D eigenvalue weighted by Gasteiger charge is -2.01. The van der Waals surface area contributed by atoms with Crippen molar-refractivity contribution in [3.05, 3.63) is 48.8 Å². The molecule has 0 amide bonds. The molecule has 3 heteroatoms. The molecule has 0 aliphatic heterocycles. The standard InChI is InChI=1S/C11H8INO/c12-14-11-5-3-9(4-6-11)10-2-1-7-13-8-10/h1-8H. The molecule has 1 heterocycles. The van der Waals surface area contributed by atoms with E-state index in [1.807, 2.05) is 65.6 Å². The second-order valence-corrected chi connectivity index (χ2v) is 3.28. The van der Waals surface area contributed by atoms with E-state index in [9.17, 15) is 0 Å². The topological polar surface area (TPSA) is 22.1 Å². The minimum absolute atomic E-state index is 0.859. The lowest BCUT2D eigenvalue weighted by molar-refractivity contribution is 0.717. The summed E-state index contributed by atoms with van der Waals surface area (Å²) in [5, 5.41) is 0. The molecule has 0 atom stereocenters. The predicted molar refractivity (Wildman–Crippen MR) is 64.3 cm³/mol. The number of rotatable bonds is 2. The van der Waals surface area contributed by atoms with Crippen LogP contribution in [0.5, 0.6) is 5.75 Å². The zero-order valence-corrected chi connectivity index (χ0v) is 9.51. The zero-order valence-electron chi connectivity index (χ0n) is 7.35. The zero-order chi connectivity index (χ0) is 9.80. The quantitative estimate of drug-likeness (QED) is 0.792. The molecule has 0 aliphatic rings. The highest BCUT2D eigenvalue weighted by Crippen LogP contribution is 2.22. The van der Waals surface area contributed by atoms with Crippen LogP contribution in [0.1, 0.15) is 0 Å². The molecule has 70 valence electrons. The molecular formula is C11H8INO. The number of hydrogen-bond donors (Lipinski definition) is 0. The Labute approximate surface area is 96.6 Å². The fourth-order valence-corrected chi connectivity index (χ4v) is 1.53. The summed E-state index contributed by atoms with van der Waals surface area (Å²) in [5.41, 5.74) is 2.27. The third kappa shape index (κ3) is 2.04. The highest BCUT2D eigenvalue weighted by molar-refractivity contribution is 14.1. The molecule has 0 N–H and O–H groups in total. The Balaban J connectivity index is 2.34. The number of hydrogen-bond acceptors (Lipinski definition) is 2. The van der Waals surface area contributed by atoms with E-state index in [0.29, 0.717) is 0 Å². The molecule has 2 nitrogen and oxygen atoms in total. The molecule has 0 aliphatic carbocycles. The minimum atomic E-state index is 0.859. The molecule has 0 fully saturated rings. The summed E-state index contributed by atoms with van der Waals surface area (Å²) in [7, 11) is 0. The largest absolute Gasteiger partial charge is 0.428 e. The molecule has 0 radical (unpaired) electrons. The van der Waals surface area contributed by atoms with Crippen LogP contribution in [0.3, 0.4) is 0 Å². The number of aromatic nitrogens is 1. The minimum Gasteiger partial charge on any atom is -0.428 e. The summed E-state index contributed by atoms with van der Waals surface area (Å²) in [5.74, 6) is 0.859. The van der Waals surface area contributed by atoms with Crippen LogP contribution in [0.15, 0.2) is 48.8 Å². The van der Waals surface area contributed by atoms with Gasteiger partial charge in [0.25, 0.3) is 0 Å². The van der Waals surface area contributed by atoms with Gasteiger partial charge < -0.3 is 3.07 Å². The van der Waals surface area contributed by atoms with Gasteiger partial charge in [-0.25, -0.2) is 0 Å². The van der Waals surface area contributed by atoms with E-state index < -0.39 is 0 Å². The van der Waals surface area contributed by atoms with E-state index in [2.05, 4.69) is 4.98 Å². The monoisotopic (exact) mass is 297 g/mol. The van der Waals surface area contributed by atoms with E-state index in [4.69, 9.17) is 3.07 Å².